The molecule has 1 heterocycles. The van der Waals surface area contributed by atoms with Crippen molar-refractivity contribution >= 4 is 5.91 Å². The quantitative estimate of drug-likeness (QED) is 0.720. The maximum Gasteiger partial charge on any atom is 0.244 e. The third-order valence-electron chi connectivity index (χ3n) is 2.63. The van der Waals surface area contributed by atoms with Gasteiger partial charge in [-0.25, -0.2) is 0 Å². The van der Waals surface area contributed by atoms with Gasteiger partial charge in [-0.15, -0.1) is 0 Å². The predicted octanol–water partition coefficient (Wildman–Crippen LogP) is 2.14. The molecule has 1 unspecified atom stereocenters. The largest absolute Gasteiger partial charge is 0.354 e. The third kappa shape index (κ3) is 4.04. The normalized spacial score (nSPS) is 12.4. The van der Waals surface area contributed by atoms with Gasteiger partial charge >= 0.3 is 0 Å². The highest BCUT2D eigenvalue weighted by molar-refractivity contribution is 5.79. The number of unbranched alkanes of at least 4 members (excludes halogenated alkanes) is 3. The first-order valence-corrected chi connectivity index (χ1v) is 6.02. The molecule has 1 aromatic heterocycles. The molecule has 0 aromatic carbocycles. The van der Waals surface area contributed by atoms with E-state index in [9.17, 15) is 4.79 Å². The van der Waals surface area contributed by atoms with E-state index in [0.29, 0.717) is 0 Å². The van der Waals surface area contributed by atoms with Crippen molar-refractivity contribution in [1.82, 2.24) is 15.1 Å². The van der Waals surface area contributed by atoms with Gasteiger partial charge < -0.3 is 5.32 Å². The van der Waals surface area contributed by atoms with Crippen molar-refractivity contribution in [2.24, 2.45) is 0 Å². The van der Waals surface area contributed by atoms with E-state index in [-0.39, 0.29) is 11.9 Å². The van der Waals surface area contributed by atoms with Crippen LogP contribution >= 0.6 is 0 Å². The molecule has 4 nitrogen and oxygen atoms in total. The molecule has 0 aliphatic heterocycles. The Balaban J connectivity index is 2.20. The molecule has 1 rings (SSSR count). The molecule has 0 saturated heterocycles. The minimum absolute atomic E-state index is 0.0419. The Labute approximate surface area is 97.0 Å². The molecule has 0 saturated carbocycles. The Kier molecular flexibility index (Phi) is 5.61. The van der Waals surface area contributed by atoms with Crippen molar-refractivity contribution in [2.75, 3.05) is 6.54 Å². The van der Waals surface area contributed by atoms with Gasteiger partial charge in [0.15, 0.2) is 0 Å². The predicted molar refractivity (Wildman–Crippen MR) is 64.1 cm³/mol. The van der Waals surface area contributed by atoms with Crippen LogP contribution in [0.15, 0.2) is 18.5 Å². The summed E-state index contributed by atoms with van der Waals surface area (Å²) in [6.07, 6.45) is 8.20. The number of carbonyl (C=O) groups is 1. The van der Waals surface area contributed by atoms with Gasteiger partial charge in [-0.1, -0.05) is 26.2 Å². The summed E-state index contributed by atoms with van der Waals surface area (Å²) in [7, 11) is 0. The van der Waals surface area contributed by atoms with Crippen LogP contribution in [-0.2, 0) is 4.79 Å². The van der Waals surface area contributed by atoms with E-state index in [4.69, 9.17) is 0 Å². The van der Waals surface area contributed by atoms with Crippen molar-refractivity contribution < 1.29 is 4.79 Å². The number of rotatable bonds is 7. The Bertz CT molecular complexity index is 295. The van der Waals surface area contributed by atoms with E-state index >= 15 is 0 Å². The average Bonchev–Trinajstić information content (AvgIpc) is 2.81. The molecule has 1 atom stereocenters. The summed E-state index contributed by atoms with van der Waals surface area (Å²) in [6.45, 7) is 4.80. The van der Waals surface area contributed by atoms with Crippen molar-refractivity contribution in [3.05, 3.63) is 18.5 Å². The van der Waals surface area contributed by atoms with Crippen LogP contribution in [0, 0.1) is 0 Å². The van der Waals surface area contributed by atoms with Crippen LogP contribution in [0.2, 0.25) is 0 Å². The fourth-order valence-corrected chi connectivity index (χ4v) is 1.54. The highest BCUT2D eigenvalue weighted by atomic mass is 16.2. The van der Waals surface area contributed by atoms with E-state index in [1.165, 1.54) is 19.3 Å². The smallest absolute Gasteiger partial charge is 0.244 e. The molecule has 0 radical (unpaired) electrons. The molecule has 4 heteroatoms. The first-order chi connectivity index (χ1) is 7.75. The zero-order chi connectivity index (χ0) is 11.8. The van der Waals surface area contributed by atoms with Crippen LogP contribution in [0.25, 0.3) is 0 Å². The van der Waals surface area contributed by atoms with Gasteiger partial charge in [0.25, 0.3) is 0 Å². The van der Waals surface area contributed by atoms with Crippen LogP contribution in [0.1, 0.15) is 45.6 Å². The van der Waals surface area contributed by atoms with Gasteiger partial charge in [0.05, 0.1) is 0 Å². The summed E-state index contributed by atoms with van der Waals surface area (Å²) in [5.41, 5.74) is 0. The lowest BCUT2D eigenvalue weighted by Crippen LogP contribution is -2.31. The molecular formula is C12H21N3O. The number of aromatic nitrogens is 2. The first kappa shape index (κ1) is 12.7. The molecule has 1 amide bonds. The van der Waals surface area contributed by atoms with E-state index in [1.54, 1.807) is 17.1 Å². The summed E-state index contributed by atoms with van der Waals surface area (Å²) < 4.78 is 1.67. The van der Waals surface area contributed by atoms with Crippen LogP contribution in [0.5, 0.6) is 0 Å². The number of hydrogen-bond donors (Lipinski definition) is 1. The van der Waals surface area contributed by atoms with E-state index < -0.39 is 0 Å². The van der Waals surface area contributed by atoms with Crippen LogP contribution in [0.3, 0.4) is 0 Å². The summed E-state index contributed by atoms with van der Waals surface area (Å²) in [5.74, 6) is 0.0419. The summed E-state index contributed by atoms with van der Waals surface area (Å²) in [4.78, 5) is 11.7. The maximum absolute atomic E-state index is 11.7. The molecule has 16 heavy (non-hydrogen) atoms. The molecule has 0 spiro atoms. The minimum Gasteiger partial charge on any atom is -0.354 e. The molecule has 0 fully saturated rings. The second kappa shape index (κ2) is 7.04. The Morgan fingerprint density at radius 2 is 2.25 bits per heavy atom. The van der Waals surface area contributed by atoms with Crippen molar-refractivity contribution in [1.29, 1.82) is 0 Å². The zero-order valence-corrected chi connectivity index (χ0v) is 10.1. The second-order valence-electron chi connectivity index (χ2n) is 4.01. The molecule has 0 aliphatic carbocycles. The Morgan fingerprint density at radius 3 is 2.88 bits per heavy atom. The van der Waals surface area contributed by atoms with Crippen LogP contribution in [0.4, 0.5) is 0 Å². The van der Waals surface area contributed by atoms with Crippen molar-refractivity contribution in [2.45, 2.75) is 45.6 Å². The second-order valence-corrected chi connectivity index (χ2v) is 4.01. The van der Waals surface area contributed by atoms with Crippen LogP contribution < -0.4 is 5.32 Å². The maximum atomic E-state index is 11.7. The monoisotopic (exact) mass is 223 g/mol. The highest BCUT2D eigenvalue weighted by Gasteiger charge is 2.13. The molecule has 1 aromatic rings. The van der Waals surface area contributed by atoms with Gasteiger partial charge in [0.2, 0.25) is 5.91 Å². The number of nitrogens with zero attached hydrogens (tertiary/aromatic N) is 2. The van der Waals surface area contributed by atoms with E-state index in [0.717, 1.165) is 13.0 Å². The lowest BCUT2D eigenvalue weighted by atomic mass is 10.2. The van der Waals surface area contributed by atoms with Gasteiger partial charge in [0, 0.05) is 18.9 Å². The molecule has 0 bridgehead atoms. The lowest BCUT2D eigenvalue weighted by Gasteiger charge is -2.12. The van der Waals surface area contributed by atoms with Crippen LogP contribution in [-0.4, -0.2) is 22.2 Å². The van der Waals surface area contributed by atoms with Gasteiger partial charge in [0.1, 0.15) is 6.04 Å². The van der Waals surface area contributed by atoms with Crippen molar-refractivity contribution in [3.8, 4) is 0 Å². The van der Waals surface area contributed by atoms with Crippen molar-refractivity contribution in [3.63, 3.8) is 0 Å². The number of nitrogens with one attached hydrogen (secondary N) is 1. The Hall–Kier alpha value is -1.32. The summed E-state index contributed by atoms with van der Waals surface area (Å²) in [6, 6.07) is 1.60. The Morgan fingerprint density at radius 1 is 1.44 bits per heavy atom. The highest BCUT2D eigenvalue weighted by Crippen LogP contribution is 2.03. The van der Waals surface area contributed by atoms with E-state index in [2.05, 4.69) is 17.3 Å². The first-order valence-electron chi connectivity index (χ1n) is 6.02. The number of hydrogen-bond acceptors (Lipinski definition) is 2. The fraction of sp³-hybridized carbons (Fsp3) is 0.667. The molecule has 0 aliphatic rings. The average molecular weight is 223 g/mol. The number of amides is 1. The van der Waals surface area contributed by atoms with Gasteiger partial charge in [-0.05, 0) is 19.4 Å². The van der Waals surface area contributed by atoms with Gasteiger partial charge in [-0.3, -0.25) is 9.48 Å². The molecule has 90 valence electrons. The minimum atomic E-state index is -0.221. The molecular weight excluding hydrogens is 202 g/mol. The summed E-state index contributed by atoms with van der Waals surface area (Å²) >= 11 is 0. The van der Waals surface area contributed by atoms with E-state index in [1.807, 2.05) is 13.0 Å². The standard InChI is InChI=1S/C12H21N3O/c1-3-4-5-6-8-13-12(16)11(2)15-10-7-9-14-15/h7,9-11H,3-6,8H2,1-2H3,(H,13,16). The number of carbonyl (C=O) groups excluding carboxylic acids is 1. The molecule has 1 N–H and O–H groups in total. The lowest BCUT2D eigenvalue weighted by molar-refractivity contribution is -0.124. The fourth-order valence-electron chi connectivity index (χ4n) is 1.54. The SMILES string of the molecule is CCCCCCNC(=O)C(C)n1cccn1. The third-order valence-corrected chi connectivity index (χ3v) is 2.63. The van der Waals surface area contributed by atoms with Gasteiger partial charge in [-0.2, -0.15) is 5.10 Å². The summed E-state index contributed by atoms with van der Waals surface area (Å²) in [5, 5.41) is 6.98. The zero-order valence-electron chi connectivity index (χ0n) is 10.1. The topological polar surface area (TPSA) is 46.9 Å².